The van der Waals surface area contributed by atoms with Crippen molar-refractivity contribution < 1.29 is 27.6 Å². The maximum atomic E-state index is 12.3. The first-order chi connectivity index (χ1) is 17.5. The first-order valence-corrected chi connectivity index (χ1v) is 16.5. The second-order valence-electron chi connectivity index (χ2n) is 10.6. The van der Waals surface area contributed by atoms with Crippen LogP contribution in [0.25, 0.3) is 0 Å². The summed E-state index contributed by atoms with van der Waals surface area (Å²) in [6.45, 7) is 11.6. The smallest absolute Gasteiger partial charge is 0.337 e. The Hall–Kier alpha value is -1.86. The summed E-state index contributed by atoms with van der Waals surface area (Å²) >= 11 is 0. The molecule has 202 valence electrons. The van der Waals surface area contributed by atoms with Crippen molar-refractivity contribution in [2.75, 3.05) is 27.0 Å². The Kier molecular flexibility index (Phi) is 10.3. The van der Waals surface area contributed by atoms with Gasteiger partial charge in [0.05, 0.1) is 12.2 Å². The number of carbonyl (C=O) groups excluding carboxylic acids is 1. The molecule has 1 heterocycles. The van der Waals surface area contributed by atoms with Crippen LogP contribution in [0.4, 0.5) is 0 Å². The molecule has 0 spiro atoms. The third-order valence-corrected chi connectivity index (χ3v) is 14.0. The fourth-order valence-corrected chi connectivity index (χ4v) is 10.7. The molecule has 2 aromatic carbocycles. The molecule has 6 nitrogen and oxygen atoms in total. The quantitative estimate of drug-likeness (QED) is 0.188. The molecular formula is C29H41O6PSi. The zero-order chi connectivity index (χ0) is 27.1. The molecule has 0 radical (unpaired) electrons. The molecule has 0 unspecified atom stereocenters. The molecule has 1 fully saturated rings. The number of rotatable bonds is 13. The Morgan fingerprint density at radius 2 is 1.54 bits per heavy atom. The van der Waals surface area contributed by atoms with Gasteiger partial charge in [0.1, 0.15) is 11.9 Å². The van der Waals surface area contributed by atoms with Crippen LogP contribution in [0.15, 0.2) is 72.8 Å². The number of carbonyl (C=O) groups is 1. The number of benzene rings is 2. The highest BCUT2D eigenvalue weighted by Crippen LogP contribution is 2.46. The van der Waals surface area contributed by atoms with Gasteiger partial charge in [0.15, 0.2) is 0 Å². The van der Waals surface area contributed by atoms with Gasteiger partial charge in [-0.25, -0.2) is 0 Å². The number of ether oxygens (including phenoxy) is 1. The summed E-state index contributed by atoms with van der Waals surface area (Å²) in [6.07, 6.45) is 1.82. The maximum absolute atomic E-state index is 12.3. The predicted octanol–water partition coefficient (Wildman–Crippen LogP) is 5.50. The lowest BCUT2D eigenvalue weighted by molar-refractivity contribution is -0.117. The van der Waals surface area contributed by atoms with Crippen molar-refractivity contribution in [3.05, 3.63) is 72.8 Å². The van der Waals surface area contributed by atoms with E-state index in [-0.39, 0.29) is 35.6 Å². The van der Waals surface area contributed by atoms with E-state index in [0.29, 0.717) is 25.9 Å². The average Bonchev–Trinajstić information content (AvgIpc) is 3.24. The van der Waals surface area contributed by atoms with Gasteiger partial charge in [-0.1, -0.05) is 88.0 Å². The van der Waals surface area contributed by atoms with Crippen LogP contribution in [0.1, 0.15) is 46.5 Å². The van der Waals surface area contributed by atoms with Gasteiger partial charge >= 0.3 is 7.60 Å². The van der Waals surface area contributed by atoms with Gasteiger partial charge in [-0.05, 0) is 40.2 Å². The first kappa shape index (κ1) is 29.7. The normalized spacial score (nSPS) is 18.8. The highest BCUT2D eigenvalue weighted by atomic mass is 31.2. The zero-order valence-corrected chi connectivity index (χ0v) is 24.7. The van der Waals surface area contributed by atoms with Crippen molar-refractivity contribution in [3.8, 4) is 0 Å². The second-order valence-corrected chi connectivity index (χ2v) is 17.2. The largest absolute Gasteiger partial charge is 0.407 e. The standard InChI is InChI=1S/C29H41O6PSi/c1-23-21-25(18-17-24(30)22-36(31,32-5)33-6)35-28(23)19-20-34-37(29(2,3)4,26-13-9-7-10-14-26)27-15-11-8-12-16-27/h7-16,25,28H,1,17-22H2,2-6H3/t25-,28-/m0/s1. The molecule has 1 saturated heterocycles. The van der Waals surface area contributed by atoms with Crippen molar-refractivity contribution in [1.82, 2.24) is 0 Å². The van der Waals surface area contributed by atoms with Crippen LogP contribution in [0.5, 0.6) is 0 Å². The summed E-state index contributed by atoms with van der Waals surface area (Å²) in [6, 6.07) is 21.2. The van der Waals surface area contributed by atoms with Gasteiger partial charge in [-0.2, -0.15) is 0 Å². The van der Waals surface area contributed by atoms with Gasteiger partial charge < -0.3 is 18.2 Å². The lowest BCUT2D eigenvalue weighted by Gasteiger charge is -2.43. The van der Waals surface area contributed by atoms with Crippen LogP contribution in [-0.2, 0) is 27.6 Å². The van der Waals surface area contributed by atoms with Gasteiger partial charge in [0, 0.05) is 27.2 Å². The lowest BCUT2D eigenvalue weighted by atomic mass is 10.0. The molecular weight excluding hydrogens is 503 g/mol. The van der Waals surface area contributed by atoms with Crippen molar-refractivity contribution in [2.24, 2.45) is 0 Å². The molecule has 1 aliphatic heterocycles. The zero-order valence-electron chi connectivity index (χ0n) is 22.8. The van der Waals surface area contributed by atoms with Gasteiger partial charge in [0.2, 0.25) is 0 Å². The van der Waals surface area contributed by atoms with E-state index in [1.807, 2.05) is 12.1 Å². The molecule has 0 saturated carbocycles. The fourth-order valence-electron chi connectivity index (χ4n) is 5.14. The summed E-state index contributed by atoms with van der Waals surface area (Å²) in [5, 5.41) is 2.41. The van der Waals surface area contributed by atoms with Crippen LogP contribution < -0.4 is 10.4 Å². The van der Waals surface area contributed by atoms with E-state index in [1.54, 1.807) is 0 Å². The van der Waals surface area contributed by atoms with E-state index < -0.39 is 15.9 Å². The highest BCUT2D eigenvalue weighted by molar-refractivity contribution is 7.54. The first-order valence-electron chi connectivity index (χ1n) is 12.8. The van der Waals surface area contributed by atoms with Crippen molar-refractivity contribution in [1.29, 1.82) is 0 Å². The summed E-state index contributed by atoms with van der Waals surface area (Å²) in [4.78, 5) is 12.3. The minimum atomic E-state index is -3.34. The van der Waals surface area contributed by atoms with E-state index in [4.69, 9.17) is 18.2 Å². The van der Waals surface area contributed by atoms with E-state index >= 15 is 0 Å². The molecule has 0 aromatic heterocycles. The number of ketones is 1. The Morgan fingerprint density at radius 3 is 2.03 bits per heavy atom. The summed E-state index contributed by atoms with van der Waals surface area (Å²) in [5.74, 6) is -0.153. The molecule has 1 aliphatic rings. The molecule has 0 N–H and O–H groups in total. The Labute approximate surface area is 223 Å². The lowest BCUT2D eigenvalue weighted by Crippen LogP contribution is -2.66. The maximum Gasteiger partial charge on any atom is 0.337 e. The van der Waals surface area contributed by atoms with Gasteiger partial charge in [0.25, 0.3) is 8.32 Å². The minimum absolute atomic E-state index is 0.0845. The SMILES string of the molecule is C=C1C[C@H](CCC(=O)CP(=O)(OC)OC)O[C@H]1CCO[Si](c1ccccc1)(c1ccccc1)C(C)(C)C. The van der Waals surface area contributed by atoms with Crippen LogP contribution in [0.3, 0.4) is 0 Å². The molecule has 0 aliphatic carbocycles. The molecule has 0 amide bonds. The molecule has 3 rings (SSSR count). The molecule has 2 atom stereocenters. The summed E-state index contributed by atoms with van der Waals surface area (Å²) in [7, 11) is -3.35. The Balaban J connectivity index is 1.65. The van der Waals surface area contributed by atoms with Gasteiger partial charge in [-0.3, -0.25) is 9.36 Å². The third kappa shape index (κ3) is 7.17. The fraction of sp³-hybridized carbons (Fsp3) is 0.483. The average molecular weight is 545 g/mol. The van der Waals surface area contributed by atoms with E-state index in [1.165, 1.54) is 24.6 Å². The molecule has 37 heavy (non-hydrogen) atoms. The minimum Gasteiger partial charge on any atom is -0.407 e. The molecule has 2 aromatic rings. The topological polar surface area (TPSA) is 71.1 Å². The summed E-state index contributed by atoms with van der Waals surface area (Å²) in [5.41, 5.74) is 1.03. The summed E-state index contributed by atoms with van der Waals surface area (Å²) < 4.78 is 35.2. The van der Waals surface area contributed by atoms with Crippen molar-refractivity contribution >= 4 is 32.1 Å². The monoisotopic (exact) mass is 544 g/mol. The third-order valence-electron chi connectivity index (χ3n) is 7.09. The molecule has 8 heteroatoms. The second kappa shape index (κ2) is 12.8. The number of hydrogen-bond donors (Lipinski definition) is 0. The predicted molar refractivity (Wildman–Crippen MR) is 151 cm³/mol. The number of Topliss-reactive ketones (excluding diaryl/α,β-unsaturated/α-hetero) is 1. The molecule has 0 bridgehead atoms. The Bertz CT molecular complexity index is 1040. The van der Waals surface area contributed by atoms with E-state index in [9.17, 15) is 9.36 Å². The van der Waals surface area contributed by atoms with Crippen molar-refractivity contribution in [3.63, 3.8) is 0 Å². The van der Waals surface area contributed by atoms with Gasteiger partial charge in [-0.15, -0.1) is 0 Å². The van der Waals surface area contributed by atoms with E-state index in [0.717, 1.165) is 5.57 Å². The van der Waals surface area contributed by atoms with Crippen LogP contribution in [0.2, 0.25) is 5.04 Å². The van der Waals surface area contributed by atoms with Crippen LogP contribution >= 0.6 is 7.60 Å². The van der Waals surface area contributed by atoms with E-state index in [2.05, 4.69) is 75.9 Å². The van der Waals surface area contributed by atoms with Crippen LogP contribution in [-0.4, -0.2) is 53.3 Å². The highest BCUT2D eigenvalue weighted by Gasteiger charge is 2.50. The van der Waals surface area contributed by atoms with Crippen molar-refractivity contribution in [2.45, 2.75) is 63.7 Å². The van der Waals surface area contributed by atoms with Crippen LogP contribution in [0, 0.1) is 0 Å². The number of hydrogen-bond acceptors (Lipinski definition) is 6. The Morgan fingerprint density at radius 1 is 1.00 bits per heavy atom.